The Balaban J connectivity index is 1.97. The molecule has 27 heavy (non-hydrogen) atoms. The van der Waals surface area contributed by atoms with Crippen molar-refractivity contribution in [1.29, 1.82) is 0 Å². The van der Waals surface area contributed by atoms with Gasteiger partial charge >= 0.3 is 18.3 Å². The largest absolute Gasteiger partial charge is 0.455 e. The summed E-state index contributed by atoms with van der Waals surface area (Å²) in [6.07, 6.45) is 3.84. The van der Waals surface area contributed by atoms with Gasteiger partial charge in [0.2, 0.25) is 0 Å². The molecule has 0 aliphatic heterocycles. The number of hydrogen-bond donors (Lipinski definition) is 0. The van der Waals surface area contributed by atoms with Crippen LogP contribution in [-0.4, -0.2) is 34.9 Å². The number of carbonyl (C=O) groups is 1. The molecule has 2 rings (SSSR count). The Labute approximate surface area is 154 Å². The fourth-order valence-electron chi connectivity index (χ4n) is 2.28. The maximum absolute atomic E-state index is 12.8. The number of aryl methyl sites for hydroxylation is 1. The van der Waals surface area contributed by atoms with Crippen molar-refractivity contribution in [3.63, 3.8) is 0 Å². The molecule has 0 unspecified atom stereocenters. The summed E-state index contributed by atoms with van der Waals surface area (Å²) in [5.41, 5.74) is 1.64. The minimum Gasteiger partial charge on any atom is -0.455 e. The van der Waals surface area contributed by atoms with Crippen molar-refractivity contribution < 1.29 is 27.1 Å². The molecule has 0 aliphatic rings. The van der Waals surface area contributed by atoms with E-state index in [1.165, 1.54) is 24.3 Å². The van der Waals surface area contributed by atoms with E-state index < -0.39 is 24.9 Å². The van der Waals surface area contributed by atoms with Crippen LogP contribution in [0.3, 0.4) is 0 Å². The second kappa shape index (κ2) is 9.43. The third-order valence-corrected chi connectivity index (χ3v) is 3.87. The highest BCUT2D eigenvalue weighted by molar-refractivity contribution is 5.89. The monoisotopic (exact) mass is 384 g/mol. The van der Waals surface area contributed by atoms with Crippen molar-refractivity contribution in [2.45, 2.75) is 45.0 Å². The predicted octanol–water partition coefficient (Wildman–Crippen LogP) is 4.93. The highest BCUT2D eigenvalue weighted by Gasteiger charge is 2.42. The first-order valence-corrected chi connectivity index (χ1v) is 8.58. The lowest BCUT2D eigenvalue weighted by atomic mass is 10.1. The lowest BCUT2D eigenvalue weighted by molar-refractivity contribution is -0.155. The molecule has 0 radical (unpaired) electrons. The van der Waals surface area contributed by atoms with Crippen LogP contribution in [-0.2, 0) is 11.2 Å². The second-order valence-electron chi connectivity index (χ2n) is 6.09. The molecule has 8 heteroatoms. The molecule has 0 atom stereocenters. The number of nitrogens with zero attached hydrogens (tertiary/aromatic N) is 2. The molecule has 0 amide bonds. The van der Waals surface area contributed by atoms with Gasteiger partial charge in [0, 0.05) is 18.0 Å². The summed E-state index contributed by atoms with van der Waals surface area (Å²) in [5.74, 6) is -5.02. The number of alkyl halides is 4. The van der Waals surface area contributed by atoms with Crippen LogP contribution in [0.25, 0.3) is 11.4 Å². The van der Waals surface area contributed by atoms with Gasteiger partial charge in [-0.25, -0.2) is 23.5 Å². The molecule has 0 saturated carbocycles. The van der Waals surface area contributed by atoms with E-state index in [-0.39, 0.29) is 5.56 Å². The molecule has 2 aromatic rings. The average Bonchev–Trinajstić information content (AvgIpc) is 2.67. The Morgan fingerprint density at radius 1 is 1.11 bits per heavy atom. The predicted molar refractivity (Wildman–Crippen MR) is 91.9 cm³/mol. The summed E-state index contributed by atoms with van der Waals surface area (Å²) in [6.45, 7) is 0.456. The molecular weight excluding hydrogens is 364 g/mol. The molecule has 0 N–H and O–H groups in total. The Bertz CT molecular complexity index is 734. The van der Waals surface area contributed by atoms with Crippen LogP contribution >= 0.6 is 0 Å². The third-order valence-electron chi connectivity index (χ3n) is 3.87. The van der Waals surface area contributed by atoms with Gasteiger partial charge in [0.15, 0.2) is 12.4 Å². The van der Waals surface area contributed by atoms with Gasteiger partial charge in [-0.2, -0.15) is 8.78 Å². The highest BCUT2D eigenvalue weighted by atomic mass is 19.3. The number of halogens is 4. The maximum atomic E-state index is 12.8. The van der Waals surface area contributed by atoms with Crippen LogP contribution in [0.5, 0.6) is 0 Å². The number of unbranched alkanes of at least 4 members (excludes halogenated alkanes) is 2. The number of ether oxygens (including phenoxy) is 1. The van der Waals surface area contributed by atoms with Crippen LogP contribution in [0.2, 0.25) is 0 Å². The van der Waals surface area contributed by atoms with E-state index in [9.17, 15) is 22.4 Å². The molecule has 0 fully saturated rings. The van der Waals surface area contributed by atoms with Crippen molar-refractivity contribution in [2.75, 3.05) is 6.61 Å². The second-order valence-corrected chi connectivity index (χ2v) is 6.09. The quantitative estimate of drug-likeness (QED) is 0.349. The molecule has 1 aromatic heterocycles. The smallest absolute Gasteiger partial charge is 0.340 e. The zero-order valence-corrected chi connectivity index (χ0v) is 14.8. The molecule has 0 bridgehead atoms. The summed E-state index contributed by atoms with van der Waals surface area (Å²) in [7, 11) is 0. The van der Waals surface area contributed by atoms with E-state index in [2.05, 4.69) is 21.6 Å². The first-order chi connectivity index (χ1) is 12.8. The zero-order valence-electron chi connectivity index (χ0n) is 14.8. The molecule has 0 saturated heterocycles. The SMILES string of the molecule is CCCCCc1cnc(-c2ccc(C(=O)OCC(F)(F)C(F)F)cc2)nc1. The van der Waals surface area contributed by atoms with Gasteiger partial charge in [0.05, 0.1) is 5.56 Å². The highest BCUT2D eigenvalue weighted by Crippen LogP contribution is 2.23. The van der Waals surface area contributed by atoms with Crippen LogP contribution in [0.1, 0.15) is 42.1 Å². The number of esters is 1. The van der Waals surface area contributed by atoms with Crippen molar-refractivity contribution in [1.82, 2.24) is 9.97 Å². The lowest BCUT2D eigenvalue weighted by Crippen LogP contribution is -2.33. The fourth-order valence-corrected chi connectivity index (χ4v) is 2.28. The van der Waals surface area contributed by atoms with E-state index in [1.54, 1.807) is 12.4 Å². The zero-order chi connectivity index (χ0) is 19.9. The fraction of sp³-hybridized carbons (Fsp3) is 0.421. The van der Waals surface area contributed by atoms with Crippen LogP contribution < -0.4 is 0 Å². The maximum Gasteiger partial charge on any atom is 0.340 e. The number of hydrogen-bond acceptors (Lipinski definition) is 4. The molecular formula is C19H20F4N2O2. The van der Waals surface area contributed by atoms with E-state index in [0.717, 1.165) is 31.2 Å². The normalized spacial score (nSPS) is 11.6. The Kier molecular flexibility index (Phi) is 7.27. The summed E-state index contributed by atoms with van der Waals surface area (Å²) in [4.78, 5) is 20.3. The first-order valence-electron chi connectivity index (χ1n) is 8.58. The van der Waals surface area contributed by atoms with E-state index in [1.807, 2.05) is 0 Å². The molecule has 4 nitrogen and oxygen atoms in total. The lowest BCUT2D eigenvalue weighted by Gasteiger charge is -2.15. The summed E-state index contributed by atoms with van der Waals surface area (Å²) in [5, 5.41) is 0. The van der Waals surface area contributed by atoms with Gasteiger partial charge < -0.3 is 4.74 Å². The van der Waals surface area contributed by atoms with Crippen LogP contribution in [0.4, 0.5) is 17.6 Å². The topological polar surface area (TPSA) is 52.1 Å². The van der Waals surface area contributed by atoms with Crippen molar-refractivity contribution in [3.8, 4) is 11.4 Å². The average molecular weight is 384 g/mol. The summed E-state index contributed by atoms with van der Waals surface area (Å²) < 4.78 is 54.0. The number of benzene rings is 1. The van der Waals surface area contributed by atoms with Crippen molar-refractivity contribution in [2.24, 2.45) is 0 Å². The number of aromatic nitrogens is 2. The van der Waals surface area contributed by atoms with Crippen LogP contribution in [0, 0.1) is 0 Å². The van der Waals surface area contributed by atoms with Crippen LogP contribution in [0.15, 0.2) is 36.7 Å². The first kappa shape index (κ1) is 20.8. The Morgan fingerprint density at radius 2 is 1.74 bits per heavy atom. The Hall–Kier alpha value is -2.51. The third kappa shape index (κ3) is 6.01. The number of carbonyl (C=O) groups excluding carboxylic acids is 1. The van der Waals surface area contributed by atoms with E-state index in [0.29, 0.717) is 11.4 Å². The van der Waals surface area contributed by atoms with Crippen molar-refractivity contribution >= 4 is 5.97 Å². The standard InChI is InChI=1S/C19H20F4N2O2/c1-2-3-4-5-13-10-24-16(25-11-13)14-6-8-15(9-7-14)17(26)27-12-19(22,23)18(20)21/h6-11,18H,2-5,12H2,1H3. The van der Waals surface area contributed by atoms with E-state index in [4.69, 9.17) is 0 Å². The molecule has 1 aromatic carbocycles. The minimum absolute atomic E-state index is 0.0278. The molecule has 0 spiro atoms. The van der Waals surface area contributed by atoms with Gasteiger partial charge in [0.25, 0.3) is 0 Å². The summed E-state index contributed by atoms with van der Waals surface area (Å²) >= 11 is 0. The molecule has 0 aliphatic carbocycles. The molecule has 1 heterocycles. The van der Waals surface area contributed by atoms with Gasteiger partial charge in [-0.05, 0) is 30.5 Å². The summed E-state index contributed by atoms with van der Waals surface area (Å²) in [6, 6.07) is 5.76. The Morgan fingerprint density at radius 3 is 2.30 bits per heavy atom. The van der Waals surface area contributed by atoms with Gasteiger partial charge in [-0.3, -0.25) is 0 Å². The van der Waals surface area contributed by atoms with E-state index >= 15 is 0 Å². The number of rotatable bonds is 9. The van der Waals surface area contributed by atoms with Crippen molar-refractivity contribution in [3.05, 3.63) is 47.8 Å². The van der Waals surface area contributed by atoms with Gasteiger partial charge in [-0.15, -0.1) is 0 Å². The molecule has 146 valence electrons. The minimum atomic E-state index is -4.37. The van der Waals surface area contributed by atoms with Gasteiger partial charge in [-0.1, -0.05) is 31.9 Å². The van der Waals surface area contributed by atoms with Gasteiger partial charge in [0.1, 0.15) is 0 Å².